The normalized spacial score (nSPS) is 25.8. The zero-order valence-electron chi connectivity index (χ0n) is 16.6. The minimum atomic E-state index is -0.590. The van der Waals surface area contributed by atoms with Crippen LogP contribution >= 0.6 is 0 Å². The molecule has 0 aliphatic heterocycles. The van der Waals surface area contributed by atoms with E-state index in [2.05, 4.69) is 0 Å². The Balaban J connectivity index is 2.77. The van der Waals surface area contributed by atoms with Crippen LogP contribution in [0.3, 0.4) is 0 Å². The van der Waals surface area contributed by atoms with E-state index in [1.807, 2.05) is 0 Å². The lowest BCUT2D eigenvalue weighted by atomic mass is 9.76. The van der Waals surface area contributed by atoms with Gasteiger partial charge in [-0.15, -0.1) is 0 Å². The highest BCUT2D eigenvalue weighted by Gasteiger charge is 2.45. The van der Waals surface area contributed by atoms with Crippen LogP contribution in [0.2, 0.25) is 0 Å². The molecule has 0 aromatic carbocycles. The summed E-state index contributed by atoms with van der Waals surface area (Å²) in [5, 5.41) is 0. The van der Waals surface area contributed by atoms with Crippen LogP contribution < -0.4 is 0 Å². The second-order valence-electron chi connectivity index (χ2n) is 6.84. The van der Waals surface area contributed by atoms with Gasteiger partial charge in [0.25, 0.3) is 0 Å². The van der Waals surface area contributed by atoms with Crippen molar-refractivity contribution in [1.82, 2.24) is 0 Å². The van der Waals surface area contributed by atoms with E-state index in [0.29, 0.717) is 11.8 Å². The number of ether oxygens (including phenoxy) is 6. The molecule has 0 aromatic heterocycles. The van der Waals surface area contributed by atoms with Gasteiger partial charge >= 0.3 is 0 Å². The smallest absolute Gasteiger partial charge is 0.166 e. The maximum atomic E-state index is 5.78. The van der Waals surface area contributed by atoms with Crippen molar-refractivity contribution in [1.29, 1.82) is 0 Å². The van der Waals surface area contributed by atoms with Crippen molar-refractivity contribution in [2.75, 3.05) is 42.7 Å². The van der Waals surface area contributed by atoms with Gasteiger partial charge < -0.3 is 28.4 Å². The number of hydrogen-bond donors (Lipinski definition) is 0. The predicted molar refractivity (Wildman–Crippen MR) is 100 cm³/mol. The van der Waals surface area contributed by atoms with Crippen molar-refractivity contribution in [2.45, 2.75) is 48.7 Å². The van der Waals surface area contributed by atoms with Crippen LogP contribution in [0.4, 0.5) is 0 Å². The highest BCUT2D eigenvalue weighted by molar-refractivity contribution is 6.14. The summed E-state index contributed by atoms with van der Waals surface area (Å²) in [5.74, 6) is 0.851. The predicted octanol–water partition coefficient (Wildman–Crippen LogP) is -0.553. The molecule has 0 heterocycles. The van der Waals surface area contributed by atoms with Crippen LogP contribution in [-0.4, -0.2) is 86.2 Å². The van der Waals surface area contributed by atoms with E-state index in [1.54, 1.807) is 42.7 Å². The van der Waals surface area contributed by atoms with Crippen LogP contribution in [0.5, 0.6) is 0 Å². The van der Waals surface area contributed by atoms with E-state index in [4.69, 9.17) is 28.4 Å². The highest BCUT2D eigenvalue weighted by atomic mass is 28.2. The van der Waals surface area contributed by atoms with Gasteiger partial charge in [-0.25, -0.2) is 0 Å². The summed E-state index contributed by atoms with van der Waals surface area (Å²) in [6, 6.07) is 0. The molecule has 2 unspecified atom stereocenters. The van der Waals surface area contributed by atoms with Crippen molar-refractivity contribution in [3.05, 3.63) is 0 Å². The Morgan fingerprint density at radius 2 is 0.875 bits per heavy atom. The second-order valence-corrected chi connectivity index (χ2v) is 9.62. The van der Waals surface area contributed by atoms with E-state index in [9.17, 15) is 0 Å². The van der Waals surface area contributed by atoms with Crippen molar-refractivity contribution < 1.29 is 28.4 Å². The monoisotopic (exact) mass is 380 g/mol. The zero-order chi connectivity index (χ0) is 18.4. The molecule has 1 fully saturated rings. The molecule has 0 bridgehead atoms. The van der Waals surface area contributed by atoms with Gasteiger partial charge in [-0.05, 0) is 37.5 Å². The molecule has 0 spiro atoms. The van der Waals surface area contributed by atoms with Gasteiger partial charge in [-0.1, -0.05) is 0 Å². The molecule has 1 aliphatic rings. The van der Waals surface area contributed by atoms with Gasteiger partial charge in [-0.2, -0.15) is 0 Å². The maximum Gasteiger partial charge on any atom is 0.166 e. The number of hydrogen-bond acceptors (Lipinski definition) is 6. The van der Waals surface area contributed by atoms with Gasteiger partial charge in [-0.3, -0.25) is 0 Å². The number of methoxy groups -OCH3 is 6. The molecule has 0 aromatic rings. The molecule has 1 aliphatic carbocycles. The van der Waals surface area contributed by atoms with Crippen molar-refractivity contribution in [2.24, 2.45) is 11.8 Å². The Kier molecular flexibility index (Phi) is 9.05. The Bertz CT molecular complexity index is 320. The van der Waals surface area contributed by atoms with Crippen molar-refractivity contribution in [3.63, 3.8) is 0 Å². The third kappa shape index (κ3) is 4.67. The van der Waals surface area contributed by atoms with Crippen LogP contribution in [-0.2, 0) is 28.4 Å². The minimum absolute atomic E-state index is 0.0354. The largest absolute Gasteiger partial charge is 0.376 e. The van der Waals surface area contributed by atoms with Crippen LogP contribution in [0.25, 0.3) is 0 Å². The van der Waals surface area contributed by atoms with Gasteiger partial charge in [0, 0.05) is 42.7 Å². The molecule has 1 rings (SSSR count). The van der Waals surface area contributed by atoms with E-state index in [0.717, 1.165) is 46.2 Å². The zero-order valence-corrected chi connectivity index (χ0v) is 20.6. The lowest BCUT2D eigenvalue weighted by molar-refractivity contribution is -0.235. The molecule has 0 amide bonds. The lowest BCUT2D eigenvalue weighted by Crippen LogP contribution is -2.54. The fraction of sp³-hybridized carbons (Fsp3) is 1.00. The first kappa shape index (κ1) is 22.2. The quantitative estimate of drug-likeness (QED) is 0.374. The molecule has 0 N–H and O–H groups in total. The van der Waals surface area contributed by atoms with Gasteiger partial charge in [0.1, 0.15) is 12.2 Å². The standard InChI is InChI=1S/C16H36O6Si2/c1-17-13(15(23,19-3)20-4)11-7-9-12(10-8-11)14(18-2)16(24,21-5)22-6/h11-14H,7-10H2,1-6,23-24H3. The van der Waals surface area contributed by atoms with Crippen LogP contribution in [0.1, 0.15) is 25.7 Å². The summed E-state index contributed by atoms with van der Waals surface area (Å²) < 4.78 is 34.1. The second kappa shape index (κ2) is 9.77. The van der Waals surface area contributed by atoms with Gasteiger partial charge in [0.05, 0.1) is 20.5 Å². The Morgan fingerprint density at radius 1 is 0.625 bits per heavy atom. The van der Waals surface area contributed by atoms with Gasteiger partial charge in [0.2, 0.25) is 0 Å². The van der Waals surface area contributed by atoms with E-state index < -0.39 is 10.8 Å². The number of rotatable bonds is 10. The molecule has 2 atom stereocenters. The molecule has 144 valence electrons. The van der Waals surface area contributed by atoms with Crippen molar-refractivity contribution in [3.8, 4) is 0 Å². The summed E-state index contributed by atoms with van der Waals surface area (Å²) >= 11 is 0. The minimum Gasteiger partial charge on any atom is -0.376 e. The summed E-state index contributed by atoms with van der Waals surface area (Å²) in [6.45, 7) is 0. The summed E-state index contributed by atoms with van der Waals surface area (Å²) in [7, 11) is 11.8. The Hall–Kier alpha value is 0.194. The summed E-state index contributed by atoms with van der Waals surface area (Å²) in [4.78, 5) is 0. The molecule has 6 nitrogen and oxygen atoms in total. The van der Waals surface area contributed by atoms with Crippen molar-refractivity contribution >= 4 is 20.5 Å². The van der Waals surface area contributed by atoms with Gasteiger partial charge in [0.15, 0.2) is 10.8 Å². The first-order valence-electron chi connectivity index (χ1n) is 8.61. The summed E-state index contributed by atoms with van der Waals surface area (Å²) in [5.41, 5.74) is -1.18. The molecule has 0 radical (unpaired) electrons. The van der Waals surface area contributed by atoms with E-state index in [1.165, 1.54) is 0 Å². The third-order valence-electron chi connectivity index (χ3n) is 5.84. The maximum absolute atomic E-state index is 5.78. The van der Waals surface area contributed by atoms with Crippen LogP contribution in [0.15, 0.2) is 0 Å². The highest BCUT2D eigenvalue weighted by Crippen LogP contribution is 2.40. The Morgan fingerprint density at radius 3 is 1.04 bits per heavy atom. The Labute approximate surface area is 152 Å². The van der Waals surface area contributed by atoms with E-state index >= 15 is 0 Å². The molecule has 24 heavy (non-hydrogen) atoms. The lowest BCUT2D eigenvalue weighted by Gasteiger charge is -2.45. The first-order valence-corrected chi connectivity index (χ1v) is 10.6. The third-order valence-corrected chi connectivity index (χ3v) is 8.61. The first-order chi connectivity index (χ1) is 11.4. The molecule has 1 saturated carbocycles. The SMILES string of the molecule is COC(C1CCC(C(OC)C([SiH3])(OC)OC)CC1)C([SiH3])(OC)OC. The van der Waals surface area contributed by atoms with E-state index in [-0.39, 0.29) is 12.2 Å². The van der Waals surface area contributed by atoms with Crippen LogP contribution in [0, 0.1) is 11.8 Å². The fourth-order valence-electron chi connectivity index (χ4n) is 4.05. The molecule has 0 saturated heterocycles. The average molecular weight is 381 g/mol. The fourth-order valence-corrected chi connectivity index (χ4v) is 5.47. The molecule has 8 heteroatoms. The average Bonchev–Trinajstić information content (AvgIpc) is 2.63. The molecular formula is C16H36O6Si2. The molecular weight excluding hydrogens is 344 g/mol. The summed E-state index contributed by atoms with van der Waals surface area (Å²) in [6.07, 6.45) is 4.17. The topological polar surface area (TPSA) is 55.4 Å².